The van der Waals surface area contributed by atoms with Gasteiger partial charge < -0.3 is 9.67 Å². The molecule has 0 aliphatic heterocycles. The van der Waals surface area contributed by atoms with Crippen LogP contribution in [-0.4, -0.2) is 15.3 Å². The molecular weight excluding hydrogens is 222 g/mol. The van der Waals surface area contributed by atoms with E-state index in [9.17, 15) is 5.11 Å². The van der Waals surface area contributed by atoms with Gasteiger partial charge in [-0.25, -0.2) is 0 Å². The second-order valence-electron chi connectivity index (χ2n) is 6.09. The Bertz CT molecular complexity index is 558. The molecule has 0 saturated heterocycles. The minimum Gasteiger partial charge on any atom is -0.390 e. The van der Waals surface area contributed by atoms with E-state index >= 15 is 0 Å². The summed E-state index contributed by atoms with van der Waals surface area (Å²) in [7, 11) is 0. The molecule has 1 N–H and O–H groups in total. The summed E-state index contributed by atoms with van der Waals surface area (Å²) < 4.78 is 2.36. The average molecular weight is 245 g/mol. The predicted molar refractivity (Wildman–Crippen MR) is 77.1 cm³/mol. The zero-order chi connectivity index (χ0) is 13.5. The van der Waals surface area contributed by atoms with E-state index in [0.29, 0.717) is 12.5 Å². The number of benzene rings is 1. The molecule has 18 heavy (non-hydrogen) atoms. The molecule has 2 heteroatoms. The van der Waals surface area contributed by atoms with Gasteiger partial charge in [0.25, 0.3) is 0 Å². The Hall–Kier alpha value is -1.28. The molecular formula is C16H23NO. The van der Waals surface area contributed by atoms with E-state index in [1.807, 2.05) is 13.8 Å². The molecule has 0 radical (unpaired) electrons. The minimum absolute atomic E-state index is 0.436. The number of rotatable bonds is 3. The summed E-state index contributed by atoms with van der Waals surface area (Å²) in [5.74, 6) is 0. The van der Waals surface area contributed by atoms with Crippen LogP contribution in [0.2, 0.25) is 0 Å². The molecule has 0 atom stereocenters. The van der Waals surface area contributed by atoms with Gasteiger partial charge in [-0.05, 0) is 46.2 Å². The van der Waals surface area contributed by atoms with Gasteiger partial charge in [0.2, 0.25) is 0 Å². The van der Waals surface area contributed by atoms with Crippen molar-refractivity contribution in [1.82, 2.24) is 4.57 Å². The van der Waals surface area contributed by atoms with E-state index in [1.165, 1.54) is 22.2 Å². The highest BCUT2D eigenvalue weighted by molar-refractivity contribution is 5.84. The first kappa shape index (κ1) is 13.2. The number of hydrogen-bond donors (Lipinski definition) is 1. The van der Waals surface area contributed by atoms with Gasteiger partial charge in [-0.15, -0.1) is 0 Å². The Balaban J connectivity index is 2.67. The highest BCUT2D eigenvalue weighted by atomic mass is 16.3. The lowest BCUT2D eigenvalue weighted by atomic mass is 9.97. The molecule has 0 unspecified atom stereocenters. The quantitative estimate of drug-likeness (QED) is 0.873. The first-order chi connectivity index (χ1) is 8.29. The zero-order valence-electron chi connectivity index (χ0n) is 12.0. The van der Waals surface area contributed by atoms with E-state index in [-0.39, 0.29) is 0 Å². The topological polar surface area (TPSA) is 25.2 Å². The maximum Gasteiger partial charge on any atom is 0.0632 e. The van der Waals surface area contributed by atoms with Crippen molar-refractivity contribution in [2.45, 2.75) is 52.7 Å². The fourth-order valence-electron chi connectivity index (χ4n) is 2.77. The molecule has 2 aromatic rings. The molecule has 1 heterocycles. The van der Waals surface area contributed by atoms with Crippen molar-refractivity contribution in [3.63, 3.8) is 0 Å². The molecule has 0 fully saturated rings. The van der Waals surface area contributed by atoms with Gasteiger partial charge in [0, 0.05) is 23.5 Å². The van der Waals surface area contributed by atoms with Gasteiger partial charge in [0.05, 0.1) is 11.1 Å². The number of aromatic nitrogens is 1. The summed E-state index contributed by atoms with van der Waals surface area (Å²) in [6.45, 7) is 10.3. The molecule has 0 aliphatic rings. The monoisotopic (exact) mass is 245 g/mol. The summed E-state index contributed by atoms with van der Waals surface area (Å²) in [6, 6.07) is 9.01. The normalized spacial score (nSPS) is 12.6. The largest absolute Gasteiger partial charge is 0.390 e. The van der Waals surface area contributed by atoms with Crippen LogP contribution in [0.25, 0.3) is 10.9 Å². The Morgan fingerprint density at radius 3 is 2.50 bits per heavy atom. The van der Waals surface area contributed by atoms with Crippen molar-refractivity contribution in [3.05, 3.63) is 35.5 Å². The average Bonchev–Trinajstić information content (AvgIpc) is 2.52. The Morgan fingerprint density at radius 2 is 1.94 bits per heavy atom. The molecule has 0 saturated carbocycles. The summed E-state index contributed by atoms with van der Waals surface area (Å²) >= 11 is 0. The Kier molecular flexibility index (Phi) is 3.24. The second kappa shape index (κ2) is 4.43. The highest BCUT2D eigenvalue weighted by Crippen LogP contribution is 2.28. The van der Waals surface area contributed by atoms with Gasteiger partial charge in [0.15, 0.2) is 0 Å². The van der Waals surface area contributed by atoms with Crippen molar-refractivity contribution in [1.29, 1.82) is 0 Å². The first-order valence-electron chi connectivity index (χ1n) is 6.61. The predicted octanol–water partition coefficient (Wildman–Crippen LogP) is 3.84. The van der Waals surface area contributed by atoms with Crippen molar-refractivity contribution >= 4 is 10.9 Å². The third-order valence-electron chi connectivity index (χ3n) is 3.28. The summed E-state index contributed by atoms with van der Waals surface area (Å²) in [5, 5.41) is 11.3. The lowest BCUT2D eigenvalue weighted by Gasteiger charge is -2.20. The van der Waals surface area contributed by atoms with Crippen molar-refractivity contribution < 1.29 is 5.11 Å². The molecule has 0 amide bonds. The van der Waals surface area contributed by atoms with Crippen LogP contribution in [0.3, 0.4) is 0 Å². The Labute approximate surface area is 109 Å². The molecule has 98 valence electrons. The van der Waals surface area contributed by atoms with Crippen LogP contribution in [0.5, 0.6) is 0 Å². The fraction of sp³-hybridized carbons (Fsp3) is 0.500. The van der Waals surface area contributed by atoms with Crippen LogP contribution in [0.4, 0.5) is 0 Å². The molecule has 0 spiro atoms. The Morgan fingerprint density at radius 1 is 1.28 bits per heavy atom. The van der Waals surface area contributed by atoms with Gasteiger partial charge in [-0.3, -0.25) is 0 Å². The van der Waals surface area contributed by atoms with Crippen molar-refractivity contribution in [2.24, 2.45) is 0 Å². The van der Waals surface area contributed by atoms with Crippen LogP contribution < -0.4 is 0 Å². The lowest BCUT2D eigenvalue weighted by Crippen LogP contribution is -2.22. The van der Waals surface area contributed by atoms with Crippen LogP contribution in [0.1, 0.15) is 45.0 Å². The SMILES string of the molecule is Cc1cc2cccc(CC(C)(C)O)c2n1C(C)C. The molecule has 1 aromatic carbocycles. The lowest BCUT2D eigenvalue weighted by molar-refractivity contribution is 0.0812. The van der Waals surface area contributed by atoms with Gasteiger partial charge in [-0.1, -0.05) is 18.2 Å². The van der Waals surface area contributed by atoms with Crippen LogP contribution in [-0.2, 0) is 6.42 Å². The highest BCUT2D eigenvalue weighted by Gasteiger charge is 2.18. The van der Waals surface area contributed by atoms with E-state index < -0.39 is 5.60 Å². The van der Waals surface area contributed by atoms with E-state index in [2.05, 4.69) is 49.6 Å². The second-order valence-corrected chi connectivity index (χ2v) is 6.09. The van der Waals surface area contributed by atoms with Gasteiger partial charge >= 0.3 is 0 Å². The summed E-state index contributed by atoms with van der Waals surface area (Å²) in [6.07, 6.45) is 0.681. The number of nitrogens with zero attached hydrogens (tertiary/aromatic N) is 1. The molecule has 0 aliphatic carbocycles. The molecule has 1 aromatic heterocycles. The van der Waals surface area contributed by atoms with E-state index in [4.69, 9.17) is 0 Å². The zero-order valence-corrected chi connectivity index (χ0v) is 12.0. The maximum absolute atomic E-state index is 10.1. The third kappa shape index (κ3) is 2.44. The van der Waals surface area contributed by atoms with Crippen molar-refractivity contribution in [2.75, 3.05) is 0 Å². The van der Waals surface area contributed by atoms with Crippen molar-refractivity contribution in [3.8, 4) is 0 Å². The molecule has 0 bridgehead atoms. The smallest absolute Gasteiger partial charge is 0.0632 e. The number of aliphatic hydroxyl groups is 1. The number of fused-ring (bicyclic) bond motifs is 1. The molecule has 2 rings (SSSR count). The third-order valence-corrected chi connectivity index (χ3v) is 3.28. The van der Waals surface area contributed by atoms with Crippen LogP contribution in [0.15, 0.2) is 24.3 Å². The minimum atomic E-state index is -0.672. The fourth-order valence-corrected chi connectivity index (χ4v) is 2.77. The first-order valence-corrected chi connectivity index (χ1v) is 6.61. The van der Waals surface area contributed by atoms with Crippen LogP contribution >= 0.6 is 0 Å². The maximum atomic E-state index is 10.1. The number of hydrogen-bond acceptors (Lipinski definition) is 1. The summed E-state index contributed by atoms with van der Waals surface area (Å²) in [4.78, 5) is 0. The van der Waals surface area contributed by atoms with E-state index in [0.717, 1.165) is 0 Å². The molecule has 2 nitrogen and oxygen atoms in total. The van der Waals surface area contributed by atoms with E-state index in [1.54, 1.807) is 0 Å². The van der Waals surface area contributed by atoms with Crippen LogP contribution in [0, 0.1) is 6.92 Å². The number of aryl methyl sites for hydroxylation is 1. The number of para-hydroxylation sites is 1. The summed E-state index contributed by atoms with van der Waals surface area (Å²) in [5.41, 5.74) is 3.10. The standard InChI is InChI=1S/C16H23NO/c1-11(2)17-12(3)9-13-7-6-8-14(15(13)17)10-16(4,5)18/h6-9,11,18H,10H2,1-5H3. The van der Waals surface area contributed by atoms with Gasteiger partial charge in [0.1, 0.15) is 0 Å². The van der Waals surface area contributed by atoms with Gasteiger partial charge in [-0.2, -0.15) is 0 Å².